The van der Waals surface area contributed by atoms with E-state index in [1.54, 1.807) is 53.7 Å². The van der Waals surface area contributed by atoms with Crippen LogP contribution in [0.2, 0.25) is 5.02 Å². The number of amides is 4. The molecule has 7 rings (SSSR count). The zero-order valence-corrected chi connectivity index (χ0v) is 35.0. The molecular formula is C41H50ClN5O9S. The van der Waals surface area contributed by atoms with Crippen molar-refractivity contribution in [3.63, 3.8) is 0 Å². The number of ether oxygens (including phenoxy) is 2. The van der Waals surface area contributed by atoms with Gasteiger partial charge in [-0.05, 0) is 87.6 Å². The van der Waals surface area contributed by atoms with Gasteiger partial charge in [0.1, 0.15) is 40.4 Å². The van der Waals surface area contributed by atoms with Crippen molar-refractivity contribution in [1.29, 1.82) is 0 Å². The maximum atomic E-state index is 14.7. The van der Waals surface area contributed by atoms with Gasteiger partial charge in [-0.2, -0.15) is 0 Å². The summed E-state index contributed by atoms with van der Waals surface area (Å²) < 4.78 is 46.3. The molecular weight excluding hydrogens is 774 g/mol. The van der Waals surface area contributed by atoms with E-state index in [2.05, 4.69) is 15.4 Å². The smallest absolute Gasteiger partial charge is 0.408 e. The van der Waals surface area contributed by atoms with Crippen LogP contribution in [-0.4, -0.2) is 83.2 Å². The molecule has 306 valence electrons. The van der Waals surface area contributed by atoms with Crippen LogP contribution in [0.5, 0.6) is 5.88 Å². The van der Waals surface area contributed by atoms with Gasteiger partial charge in [-0.1, -0.05) is 58.4 Å². The first kappa shape index (κ1) is 40.6. The van der Waals surface area contributed by atoms with Crippen LogP contribution in [0, 0.1) is 17.3 Å². The molecule has 16 heteroatoms. The normalized spacial score (nSPS) is 23.1. The number of pyridine rings is 1. The fourth-order valence-corrected chi connectivity index (χ4v) is 9.32. The van der Waals surface area contributed by atoms with Gasteiger partial charge in [0.05, 0.1) is 11.8 Å². The molecule has 14 nitrogen and oxygen atoms in total. The number of sulfonamides is 1. The lowest BCUT2D eigenvalue weighted by molar-refractivity contribution is -0.143. The zero-order chi connectivity index (χ0) is 41.4. The van der Waals surface area contributed by atoms with Crippen molar-refractivity contribution < 1.29 is 41.5 Å². The van der Waals surface area contributed by atoms with Gasteiger partial charge < -0.3 is 29.4 Å². The van der Waals surface area contributed by atoms with Crippen molar-refractivity contribution in [2.24, 2.45) is 17.3 Å². The van der Waals surface area contributed by atoms with E-state index >= 15 is 0 Å². The summed E-state index contributed by atoms with van der Waals surface area (Å²) >= 11 is 6.48. The molecule has 3 fully saturated rings. The van der Waals surface area contributed by atoms with Gasteiger partial charge >= 0.3 is 6.09 Å². The first-order valence-electron chi connectivity index (χ1n) is 19.3. The molecule has 0 spiro atoms. The third-order valence-corrected chi connectivity index (χ3v) is 13.0. The quantitative estimate of drug-likeness (QED) is 0.166. The van der Waals surface area contributed by atoms with Crippen molar-refractivity contribution in [3.8, 4) is 5.88 Å². The largest absolute Gasteiger partial charge is 0.472 e. The van der Waals surface area contributed by atoms with Crippen molar-refractivity contribution in [1.82, 2.24) is 25.2 Å². The van der Waals surface area contributed by atoms with Crippen molar-refractivity contribution in [2.45, 2.75) is 116 Å². The number of halogens is 1. The zero-order valence-electron chi connectivity index (χ0n) is 33.4. The number of hydrogen-bond donors (Lipinski definition) is 3. The van der Waals surface area contributed by atoms with E-state index in [1.165, 1.54) is 4.90 Å². The summed E-state index contributed by atoms with van der Waals surface area (Å²) in [6.45, 7) is 14.2. The Kier molecular flexibility index (Phi) is 10.2. The number of carbonyl (C=O) groups excluding carboxylic acids is 4. The fourth-order valence-electron chi connectivity index (χ4n) is 7.78. The molecule has 3 heterocycles. The molecule has 2 aliphatic carbocycles. The summed E-state index contributed by atoms with van der Waals surface area (Å²) in [5.41, 5.74) is -1.44. The second kappa shape index (κ2) is 14.3. The first-order chi connectivity index (χ1) is 26.6. The van der Waals surface area contributed by atoms with Crippen LogP contribution in [0.3, 0.4) is 0 Å². The Hall–Kier alpha value is -4.63. The van der Waals surface area contributed by atoms with Crippen LogP contribution in [-0.2, 0) is 29.1 Å². The summed E-state index contributed by atoms with van der Waals surface area (Å²) in [5, 5.41) is 7.45. The maximum Gasteiger partial charge on any atom is 0.408 e. The number of para-hydroxylation sites is 1. The van der Waals surface area contributed by atoms with Crippen LogP contribution in [0.4, 0.5) is 4.79 Å². The minimum absolute atomic E-state index is 0.0147. The molecule has 57 heavy (non-hydrogen) atoms. The van der Waals surface area contributed by atoms with Crippen LogP contribution < -0.4 is 20.1 Å². The van der Waals surface area contributed by atoms with Crippen LogP contribution in [0.1, 0.15) is 81.1 Å². The number of furan rings is 1. The SMILES string of the molecule is CC(C)[C@@H]1C[C@]1(NC(=O)[C@@H]1C[C@@H](Oc2nc3c4ccccc4oc3c3ccc(Cl)cc23)CN1C(=O)[C@@H](NC(=O)OC(C)(C)C)C(C)(C)C)C(=O)NS(=O)(=O)C1CC1. The number of nitrogens with one attached hydrogen (secondary N) is 3. The summed E-state index contributed by atoms with van der Waals surface area (Å²) in [6.07, 6.45) is -0.465. The predicted octanol–water partition coefficient (Wildman–Crippen LogP) is 6.21. The number of aromatic nitrogens is 1. The topological polar surface area (TPSA) is 186 Å². The lowest BCUT2D eigenvalue weighted by Gasteiger charge is -2.36. The van der Waals surface area contributed by atoms with Crippen LogP contribution in [0.15, 0.2) is 46.9 Å². The Labute approximate surface area is 336 Å². The molecule has 1 aliphatic heterocycles. The highest BCUT2D eigenvalue weighted by molar-refractivity contribution is 7.91. The van der Waals surface area contributed by atoms with Gasteiger partial charge in [0, 0.05) is 27.6 Å². The minimum Gasteiger partial charge on any atom is -0.472 e. The molecule has 3 aliphatic rings. The number of carbonyl (C=O) groups is 4. The Morgan fingerprint density at radius 1 is 1.00 bits per heavy atom. The van der Waals surface area contributed by atoms with Gasteiger partial charge in [0.25, 0.3) is 5.91 Å². The number of hydrogen-bond acceptors (Lipinski definition) is 10. The minimum atomic E-state index is -3.91. The first-order valence-corrected chi connectivity index (χ1v) is 21.3. The lowest BCUT2D eigenvalue weighted by Crippen LogP contribution is -2.60. The van der Waals surface area contributed by atoms with Crippen LogP contribution in [0.25, 0.3) is 32.8 Å². The van der Waals surface area contributed by atoms with E-state index in [1.807, 2.05) is 44.2 Å². The van der Waals surface area contributed by atoms with Crippen molar-refractivity contribution in [2.75, 3.05) is 6.54 Å². The Morgan fingerprint density at radius 3 is 2.33 bits per heavy atom. The van der Waals surface area contributed by atoms with Gasteiger partial charge in [0.15, 0.2) is 5.58 Å². The highest BCUT2D eigenvalue weighted by atomic mass is 35.5. The number of fused-ring (bicyclic) bond motifs is 5. The molecule has 0 radical (unpaired) electrons. The number of rotatable bonds is 10. The molecule has 1 saturated heterocycles. The second-order valence-corrected chi connectivity index (χ2v) is 20.4. The molecule has 3 N–H and O–H groups in total. The van der Waals surface area contributed by atoms with Crippen molar-refractivity contribution in [3.05, 3.63) is 47.5 Å². The second-order valence-electron chi connectivity index (χ2n) is 18.0. The average molecular weight is 824 g/mol. The Morgan fingerprint density at radius 2 is 1.70 bits per heavy atom. The highest BCUT2D eigenvalue weighted by Crippen LogP contribution is 2.49. The third kappa shape index (κ3) is 8.09. The molecule has 4 amide bonds. The standard InChI is InChI=1S/C41H50ClN5O9S/c1-21(2)28-19-41(28,37(50)46-57(52,53)24-14-15-24)45-34(48)29-18-23(20-47(29)36(49)33(39(3,4)5)44-38(51)56-40(6,7)8)54-35-27-17-22(42)13-16-25(27)32-31(43-35)26-11-9-10-12-30(26)55-32/h9-13,16-17,21,23-24,28-29,33H,14-15,18-20H2,1-8H3,(H,44,51)(H,45,48)(H,46,50)/t23-,28+,29+,33-,41-/m1/s1. The Balaban J connectivity index is 1.24. The average Bonchev–Trinajstić information content (AvgIpc) is 4.02. The van der Waals surface area contributed by atoms with Gasteiger partial charge in [-0.3, -0.25) is 19.1 Å². The maximum absolute atomic E-state index is 14.7. The molecule has 2 saturated carbocycles. The summed E-state index contributed by atoms with van der Waals surface area (Å²) in [4.78, 5) is 62.4. The van der Waals surface area contributed by atoms with Crippen LogP contribution >= 0.6 is 11.6 Å². The van der Waals surface area contributed by atoms with E-state index in [0.29, 0.717) is 45.3 Å². The predicted molar refractivity (Wildman–Crippen MR) is 215 cm³/mol. The van der Waals surface area contributed by atoms with E-state index < -0.39 is 73.8 Å². The Bertz CT molecular complexity index is 2400. The molecule has 2 aromatic heterocycles. The van der Waals surface area contributed by atoms with Gasteiger partial charge in [0.2, 0.25) is 27.7 Å². The third-order valence-electron chi connectivity index (χ3n) is 10.9. The van der Waals surface area contributed by atoms with Gasteiger partial charge in [-0.15, -0.1) is 0 Å². The molecule has 4 aromatic rings. The fraction of sp³-hybridized carbons (Fsp3) is 0.537. The van der Waals surface area contributed by atoms with Crippen molar-refractivity contribution >= 4 is 78.3 Å². The summed E-state index contributed by atoms with van der Waals surface area (Å²) in [6, 6.07) is 10.4. The van der Waals surface area contributed by atoms with Gasteiger partial charge in [-0.25, -0.2) is 18.2 Å². The highest BCUT2D eigenvalue weighted by Gasteiger charge is 2.64. The lowest BCUT2D eigenvalue weighted by atomic mass is 9.85. The summed E-state index contributed by atoms with van der Waals surface area (Å²) in [7, 11) is -3.91. The number of benzene rings is 2. The van der Waals surface area contributed by atoms with E-state index in [9.17, 15) is 27.6 Å². The number of nitrogens with zero attached hydrogens (tertiary/aromatic N) is 2. The number of likely N-dealkylation sites (tertiary alicyclic amines) is 1. The molecule has 0 unspecified atom stereocenters. The monoisotopic (exact) mass is 823 g/mol. The summed E-state index contributed by atoms with van der Waals surface area (Å²) in [5.74, 6) is -2.21. The molecule has 0 bridgehead atoms. The number of alkyl carbamates (subject to hydrolysis) is 1. The molecule has 5 atom stereocenters. The van der Waals surface area contributed by atoms with E-state index in [0.717, 1.165) is 5.39 Å². The van der Waals surface area contributed by atoms with E-state index in [4.69, 9.17) is 30.5 Å². The molecule has 2 aromatic carbocycles. The van der Waals surface area contributed by atoms with E-state index in [-0.39, 0.29) is 37.1 Å².